The van der Waals surface area contributed by atoms with Crippen LogP contribution in [0.25, 0.3) is 22.7 Å². The average molecular weight is 367 g/mol. The molecule has 0 atom stereocenters. The Labute approximate surface area is 156 Å². The van der Waals surface area contributed by atoms with Crippen LogP contribution in [-0.4, -0.2) is 29.7 Å². The summed E-state index contributed by atoms with van der Waals surface area (Å²) < 4.78 is 1.89. The SMILES string of the molecule is Cc1nc(C)c(-c2nc3c([nH]2)c(C)nn3Cc2cccc(Cl)c2)nc1C. The predicted molar refractivity (Wildman–Crippen MR) is 102 cm³/mol. The molecule has 0 aliphatic rings. The van der Waals surface area contributed by atoms with Crippen LogP contribution in [0.15, 0.2) is 24.3 Å². The van der Waals surface area contributed by atoms with Gasteiger partial charge in [0.2, 0.25) is 0 Å². The lowest BCUT2D eigenvalue weighted by Crippen LogP contribution is -2.03. The fourth-order valence-electron chi connectivity index (χ4n) is 3.05. The number of fused-ring (bicyclic) bond motifs is 1. The van der Waals surface area contributed by atoms with E-state index in [0.717, 1.165) is 45.2 Å². The van der Waals surface area contributed by atoms with Crippen LogP contribution < -0.4 is 0 Å². The fourth-order valence-corrected chi connectivity index (χ4v) is 3.26. The average Bonchev–Trinajstić information content (AvgIpc) is 3.13. The Morgan fingerprint density at radius 2 is 1.73 bits per heavy atom. The van der Waals surface area contributed by atoms with E-state index >= 15 is 0 Å². The monoisotopic (exact) mass is 366 g/mol. The summed E-state index contributed by atoms with van der Waals surface area (Å²) in [7, 11) is 0. The first-order valence-corrected chi connectivity index (χ1v) is 8.80. The third-order valence-electron chi connectivity index (χ3n) is 4.49. The molecule has 7 heteroatoms. The maximum absolute atomic E-state index is 6.10. The number of hydrogen-bond donors (Lipinski definition) is 1. The maximum atomic E-state index is 6.10. The molecule has 0 saturated carbocycles. The van der Waals surface area contributed by atoms with Crippen LogP contribution in [0.4, 0.5) is 0 Å². The molecule has 0 amide bonds. The minimum atomic E-state index is 0.604. The second-order valence-electron chi connectivity index (χ2n) is 6.49. The van der Waals surface area contributed by atoms with Crippen LogP contribution in [0.5, 0.6) is 0 Å². The standard InChI is InChI=1S/C19H19ClN6/c1-10-11(2)22-16(12(3)21-10)18-23-17-13(4)25-26(19(17)24-18)9-14-6-5-7-15(20)8-14/h5-8H,9H2,1-4H3,(H,23,24). The molecule has 132 valence electrons. The van der Waals surface area contributed by atoms with Gasteiger partial charge in [-0.1, -0.05) is 23.7 Å². The lowest BCUT2D eigenvalue weighted by Gasteiger charge is -2.05. The number of rotatable bonds is 3. The number of nitrogens with one attached hydrogen (secondary N) is 1. The summed E-state index contributed by atoms with van der Waals surface area (Å²) >= 11 is 6.10. The van der Waals surface area contributed by atoms with Crippen molar-refractivity contribution in [3.05, 3.63) is 57.6 Å². The molecule has 0 fully saturated rings. The van der Waals surface area contributed by atoms with Crippen LogP contribution in [0.2, 0.25) is 5.02 Å². The second-order valence-corrected chi connectivity index (χ2v) is 6.92. The van der Waals surface area contributed by atoms with Crippen molar-refractivity contribution in [3.8, 4) is 11.5 Å². The number of imidazole rings is 1. The number of halogens is 1. The van der Waals surface area contributed by atoms with E-state index in [1.165, 1.54) is 0 Å². The van der Waals surface area contributed by atoms with Crippen LogP contribution in [0.1, 0.15) is 28.3 Å². The Balaban J connectivity index is 1.80. The number of aromatic amines is 1. The molecule has 0 unspecified atom stereocenters. The lowest BCUT2D eigenvalue weighted by molar-refractivity contribution is 0.696. The van der Waals surface area contributed by atoms with Crippen molar-refractivity contribution in [1.82, 2.24) is 29.7 Å². The second kappa shape index (κ2) is 6.21. The molecule has 3 heterocycles. The minimum Gasteiger partial charge on any atom is -0.334 e. The van der Waals surface area contributed by atoms with E-state index in [1.807, 2.05) is 56.6 Å². The zero-order valence-electron chi connectivity index (χ0n) is 15.1. The highest BCUT2D eigenvalue weighted by molar-refractivity contribution is 6.30. The Morgan fingerprint density at radius 3 is 2.50 bits per heavy atom. The third kappa shape index (κ3) is 2.86. The normalized spacial score (nSPS) is 11.4. The quantitative estimate of drug-likeness (QED) is 0.591. The van der Waals surface area contributed by atoms with Crippen molar-refractivity contribution < 1.29 is 0 Å². The van der Waals surface area contributed by atoms with Gasteiger partial charge in [0.1, 0.15) is 11.2 Å². The van der Waals surface area contributed by atoms with E-state index in [0.29, 0.717) is 17.4 Å². The number of aryl methyl sites for hydroxylation is 4. The highest BCUT2D eigenvalue weighted by atomic mass is 35.5. The number of aromatic nitrogens is 6. The van der Waals surface area contributed by atoms with Crippen LogP contribution in [0.3, 0.4) is 0 Å². The van der Waals surface area contributed by atoms with Crippen molar-refractivity contribution in [2.24, 2.45) is 0 Å². The molecule has 0 bridgehead atoms. The van der Waals surface area contributed by atoms with Gasteiger partial charge < -0.3 is 4.98 Å². The smallest absolute Gasteiger partial charge is 0.177 e. The van der Waals surface area contributed by atoms with Crippen LogP contribution >= 0.6 is 11.6 Å². The van der Waals surface area contributed by atoms with Crippen molar-refractivity contribution >= 4 is 22.8 Å². The molecule has 4 aromatic rings. The molecule has 0 aliphatic heterocycles. The van der Waals surface area contributed by atoms with Crippen molar-refractivity contribution in [2.45, 2.75) is 34.2 Å². The molecular formula is C19H19ClN6. The third-order valence-corrected chi connectivity index (χ3v) is 4.72. The van der Waals surface area contributed by atoms with Crippen LogP contribution in [-0.2, 0) is 6.54 Å². The summed E-state index contributed by atoms with van der Waals surface area (Å²) in [5.74, 6) is 0.716. The molecule has 3 aromatic heterocycles. The molecule has 26 heavy (non-hydrogen) atoms. The topological polar surface area (TPSA) is 72.3 Å². The van der Waals surface area contributed by atoms with Crippen LogP contribution in [0, 0.1) is 27.7 Å². The fraction of sp³-hybridized carbons (Fsp3) is 0.263. The summed E-state index contributed by atoms with van der Waals surface area (Å²) in [5.41, 5.74) is 7.17. The highest BCUT2D eigenvalue weighted by Gasteiger charge is 2.17. The van der Waals surface area contributed by atoms with E-state index in [4.69, 9.17) is 16.6 Å². The van der Waals surface area contributed by atoms with Gasteiger partial charge in [0, 0.05) is 5.02 Å². The first kappa shape index (κ1) is 16.7. The number of benzene rings is 1. The summed E-state index contributed by atoms with van der Waals surface area (Å²) in [6, 6.07) is 7.77. The van der Waals surface area contributed by atoms with Gasteiger partial charge in [0.25, 0.3) is 0 Å². The number of nitrogens with zero attached hydrogens (tertiary/aromatic N) is 5. The van der Waals surface area contributed by atoms with Crippen molar-refractivity contribution in [2.75, 3.05) is 0 Å². The Morgan fingerprint density at radius 1 is 0.962 bits per heavy atom. The van der Waals surface area contributed by atoms with Gasteiger partial charge in [-0.25, -0.2) is 14.6 Å². The zero-order chi connectivity index (χ0) is 18.4. The van der Waals surface area contributed by atoms with Gasteiger partial charge in [-0.3, -0.25) is 4.98 Å². The Kier molecular flexibility index (Phi) is 4.00. The number of H-pyrrole nitrogens is 1. The maximum Gasteiger partial charge on any atom is 0.177 e. The molecule has 1 N–H and O–H groups in total. The van der Waals surface area contributed by atoms with E-state index in [2.05, 4.69) is 20.1 Å². The minimum absolute atomic E-state index is 0.604. The molecule has 1 aromatic carbocycles. The van der Waals surface area contributed by atoms with E-state index in [-0.39, 0.29) is 0 Å². The molecule has 4 rings (SSSR count). The highest BCUT2D eigenvalue weighted by Crippen LogP contribution is 2.24. The van der Waals surface area contributed by atoms with Gasteiger partial charge >= 0.3 is 0 Å². The first-order chi connectivity index (χ1) is 12.4. The summed E-state index contributed by atoms with van der Waals surface area (Å²) in [6.07, 6.45) is 0. The molecule has 0 saturated heterocycles. The largest absolute Gasteiger partial charge is 0.334 e. The number of hydrogen-bond acceptors (Lipinski definition) is 4. The molecular weight excluding hydrogens is 348 g/mol. The van der Waals surface area contributed by atoms with E-state index in [1.54, 1.807) is 0 Å². The van der Waals surface area contributed by atoms with Gasteiger partial charge in [-0.05, 0) is 45.4 Å². The summed E-state index contributed by atoms with van der Waals surface area (Å²) in [4.78, 5) is 17.4. The molecule has 0 aliphatic carbocycles. The molecule has 0 radical (unpaired) electrons. The molecule has 6 nitrogen and oxygen atoms in total. The van der Waals surface area contributed by atoms with E-state index < -0.39 is 0 Å². The van der Waals surface area contributed by atoms with Gasteiger partial charge in [0.05, 0.1) is 29.3 Å². The van der Waals surface area contributed by atoms with Gasteiger partial charge in [-0.2, -0.15) is 5.10 Å². The summed E-state index contributed by atoms with van der Waals surface area (Å²) in [6.45, 7) is 8.45. The first-order valence-electron chi connectivity index (χ1n) is 8.42. The predicted octanol–water partition coefficient (Wildman–Crippen LogP) is 4.15. The Bertz CT molecular complexity index is 1120. The van der Waals surface area contributed by atoms with Gasteiger partial charge in [0.15, 0.2) is 11.5 Å². The van der Waals surface area contributed by atoms with E-state index in [9.17, 15) is 0 Å². The summed E-state index contributed by atoms with van der Waals surface area (Å²) in [5, 5.41) is 5.32. The Hall–Kier alpha value is -2.73. The van der Waals surface area contributed by atoms with Crippen molar-refractivity contribution in [3.63, 3.8) is 0 Å². The molecule has 0 spiro atoms. The van der Waals surface area contributed by atoms with Crippen molar-refractivity contribution in [1.29, 1.82) is 0 Å². The lowest BCUT2D eigenvalue weighted by atomic mass is 10.2. The van der Waals surface area contributed by atoms with Gasteiger partial charge in [-0.15, -0.1) is 0 Å². The zero-order valence-corrected chi connectivity index (χ0v) is 15.9.